The Morgan fingerprint density at radius 2 is 1.54 bits per heavy atom. The van der Waals surface area contributed by atoms with Gasteiger partial charge in [0.25, 0.3) is 0 Å². The zero-order valence-corrected chi connectivity index (χ0v) is 14.1. The van der Waals surface area contributed by atoms with Crippen molar-refractivity contribution in [2.75, 3.05) is 6.61 Å². The predicted molar refractivity (Wildman–Crippen MR) is 91.1 cm³/mol. The number of allylic oxidation sites excluding steroid dienone is 1. The van der Waals surface area contributed by atoms with Crippen LogP contribution in [0.2, 0.25) is 0 Å². The van der Waals surface area contributed by atoms with Crippen molar-refractivity contribution < 1.29 is 26.7 Å². The number of unbranched alkanes of at least 4 members (excludes halogenated alkanes) is 2. The fourth-order valence-electron chi connectivity index (χ4n) is 2.50. The van der Waals surface area contributed by atoms with Gasteiger partial charge in [-0.1, -0.05) is 30.3 Å². The van der Waals surface area contributed by atoms with Crippen LogP contribution in [0.15, 0.2) is 49.1 Å². The maximum atomic E-state index is 13.9. The summed E-state index contributed by atoms with van der Waals surface area (Å²) in [5.41, 5.74) is 1.90. The highest BCUT2D eigenvalue weighted by atomic mass is 19.4. The van der Waals surface area contributed by atoms with Gasteiger partial charge in [0.05, 0.1) is 0 Å². The molecule has 140 valence electrons. The van der Waals surface area contributed by atoms with E-state index in [1.807, 2.05) is 18.2 Å². The van der Waals surface area contributed by atoms with Crippen LogP contribution in [0.5, 0.6) is 5.75 Å². The second-order valence-electron chi connectivity index (χ2n) is 5.90. The topological polar surface area (TPSA) is 9.23 Å². The summed E-state index contributed by atoms with van der Waals surface area (Å²) in [6, 6.07) is 9.13. The summed E-state index contributed by atoms with van der Waals surface area (Å²) >= 11 is 0. The average Bonchev–Trinajstić information content (AvgIpc) is 2.57. The van der Waals surface area contributed by atoms with Gasteiger partial charge in [-0.25, -0.2) is 8.78 Å². The summed E-state index contributed by atoms with van der Waals surface area (Å²) in [5.74, 6) is -3.36. The van der Waals surface area contributed by atoms with Crippen molar-refractivity contribution in [3.8, 4) is 16.9 Å². The van der Waals surface area contributed by atoms with Gasteiger partial charge >= 0.3 is 6.18 Å². The molecular weight excluding hydrogens is 351 g/mol. The van der Waals surface area contributed by atoms with Crippen LogP contribution in [0.3, 0.4) is 0 Å². The number of ether oxygens (including phenoxy) is 1. The smallest absolute Gasteiger partial charge is 0.422 e. The maximum absolute atomic E-state index is 13.9. The Hall–Kier alpha value is -2.37. The molecule has 0 aliphatic carbocycles. The summed E-state index contributed by atoms with van der Waals surface area (Å²) in [4.78, 5) is 0. The highest BCUT2D eigenvalue weighted by Gasteiger charge is 2.29. The third-order valence-electron chi connectivity index (χ3n) is 3.79. The Labute approximate surface area is 149 Å². The number of hydrogen-bond acceptors (Lipinski definition) is 1. The minimum Gasteiger partial charge on any atom is -0.478 e. The van der Waals surface area contributed by atoms with E-state index in [0.29, 0.717) is 5.56 Å². The maximum Gasteiger partial charge on any atom is 0.422 e. The molecule has 1 nitrogen and oxygen atoms in total. The molecule has 0 atom stereocenters. The summed E-state index contributed by atoms with van der Waals surface area (Å²) in [6.07, 6.45) is 1.11. The number of halogens is 5. The van der Waals surface area contributed by atoms with Gasteiger partial charge in [-0.2, -0.15) is 13.2 Å². The molecule has 0 amide bonds. The van der Waals surface area contributed by atoms with E-state index in [-0.39, 0.29) is 5.56 Å². The number of benzene rings is 2. The standard InChI is InChI=1S/C20H19F5O/c1-2-3-4-5-6-14-7-9-15(10-8-14)16-11-17(21)19(18(22)12-16)26-13-20(23,24)25/h2,7-12H,1,3-6,13H2. The number of hydrogen-bond donors (Lipinski definition) is 0. The molecule has 0 N–H and O–H groups in total. The molecule has 2 rings (SSSR count). The molecule has 0 fully saturated rings. The van der Waals surface area contributed by atoms with Gasteiger partial charge in [0.15, 0.2) is 24.0 Å². The molecule has 0 saturated carbocycles. The van der Waals surface area contributed by atoms with Crippen molar-refractivity contribution in [1.82, 2.24) is 0 Å². The van der Waals surface area contributed by atoms with Gasteiger partial charge in [-0.3, -0.25) is 0 Å². The van der Waals surface area contributed by atoms with Crippen molar-refractivity contribution in [3.63, 3.8) is 0 Å². The van der Waals surface area contributed by atoms with Crippen molar-refractivity contribution >= 4 is 0 Å². The molecule has 0 aliphatic rings. The molecule has 0 spiro atoms. The van der Waals surface area contributed by atoms with Gasteiger partial charge in [0.2, 0.25) is 0 Å². The van der Waals surface area contributed by atoms with Gasteiger partial charge in [0.1, 0.15) is 0 Å². The van der Waals surface area contributed by atoms with E-state index in [4.69, 9.17) is 0 Å². The van der Waals surface area contributed by atoms with Crippen LogP contribution in [0.4, 0.5) is 22.0 Å². The van der Waals surface area contributed by atoms with E-state index in [0.717, 1.165) is 43.4 Å². The fourth-order valence-corrected chi connectivity index (χ4v) is 2.50. The molecule has 0 heterocycles. The molecule has 0 aromatic heterocycles. The van der Waals surface area contributed by atoms with Crippen LogP contribution in [-0.2, 0) is 6.42 Å². The molecule has 26 heavy (non-hydrogen) atoms. The number of rotatable bonds is 8. The van der Waals surface area contributed by atoms with E-state index in [9.17, 15) is 22.0 Å². The van der Waals surface area contributed by atoms with Crippen molar-refractivity contribution in [1.29, 1.82) is 0 Å². The highest BCUT2D eigenvalue weighted by molar-refractivity contribution is 5.65. The molecule has 0 unspecified atom stereocenters. The molecule has 0 bridgehead atoms. The molecule has 2 aromatic rings. The lowest BCUT2D eigenvalue weighted by atomic mass is 10.0. The lowest BCUT2D eigenvalue weighted by molar-refractivity contribution is -0.154. The van der Waals surface area contributed by atoms with Crippen molar-refractivity contribution in [3.05, 3.63) is 66.3 Å². The zero-order valence-electron chi connectivity index (χ0n) is 14.1. The Morgan fingerprint density at radius 3 is 2.08 bits per heavy atom. The Kier molecular flexibility index (Phi) is 6.77. The summed E-state index contributed by atoms with van der Waals surface area (Å²) in [6.45, 7) is 1.92. The van der Waals surface area contributed by atoms with E-state index in [1.54, 1.807) is 12.1 Å². The molecule has 6 heteroatoms. The highest BCUT2D eigenvalue weighted by Crippen LogP contribution is 2.30. The first kappa shape index (κ1) is 19.9. The van der Waals surface area contributed by atoms with Gasteiger partial charge < -0.3 is 4.74 Å². The molecule has 2 aromatic carbocycles. The molecule has 0 radical (unpaired) electrons. The lowest BCUT2D eigenvalue weighted by Gasteiger charge is -2.12. The first-order valence-electron chi connectivity index (χ1n) is 8.19. The Bertz CT molecular complexity index is 712. The summed E-state index contributed by atoms with van der Waals surface area (Å²) < 4.78 is 68.6. The normalized spacial score (nSPS) is 11.4. The van der Waals surface area contributed by atoms with Gasteiger partial charge in [-0.05, 0) is 54.5 Å². The first-order valence-corrected chi connectivity index (χ1v) is 8.19. The minimum absolute atomic E-state index is 0.234. The molecule has 0 saturated heterocycles. The zero-order chi connectivity index (χ0) is 19.2. The van der Waals surface area contributed by atoms with Crippen LogP contribution >= 0.6 is 0 Å². The SMILES string of the molecule is C=CCCCCc1ccc(-c2cc(F)c(OCC(F)(F)F)c(F)c2)cc1. The third-order valence-corrected chi connectivity index (χ3v) is 3.79. The van der Waals surface area contributed by atoms with E-state index >= 15 is 0 Å². The summed E-state index contributed by atoms with van der Waals surface area (Å²) in [7, 11) is 0. The Morgan fingerprint density at radius 1 is 0.923 bits per heavy atom. The number of alkyl halides is 3. The van der Waals surface area contributed by atoms with Crippen LogP contribution < -0.4 is 4.74 Å². The second-order valence-corrected chi connectivity index (χ2v) is 5.90. The fraction of sp³-hybridized carbons (Fsp3) is 0.300. The predicted octanol–water partition coefficient (Wildman–Crippen LogP) is 6.47. The molecule has 0 aliphatic heterocycles. The van der Waals surface area contributed by atoms with Crippen molar-refractivity contribution in [2.45, 2.75) is 31.9 Å². The van der Waals surface area contributed by atoms with E-state index < -0.39 is 30.2 Å². The van der Waals surface area contributed by atoms with Crippen molar-refractivity contribution in [2.24, 2.45) is 0 Å². The van der Waals surface area contributed by atoms with E-state index in [1.165, 1.54) is 0 Å². The quantitative estimate of drug-likeness (QED) is 0.294. The van der Waals surface area contributed by atoms with E-state index in [2.05, 4.69) is 11.3 Å². The lowest BCUT2D eigenvalue weighted by Crippen LogP contribution is -2.20. The largest absolute Gasteiger partial charge is 0.478 e. The monoisotopic (exact) mass is 370 g/mol. The van der Waals surface area contributed by atoms with Gasteiger partial charge in [0, 0.05) is 0 Å². The van der Waals surface area contributed by atoms with Crippen LogP contribution in [0, 0.1) is 11.6 Å². The number of aryl methyl sites for hydroxylation is 1. The van der Waals surface area contributed by atoms with Crippen LogP contribution in [-0.4, -0.2) is 12.8 Å². The first-order chi connectivity index (χ1) is 12.3. The third kappa shape index (κ3) is 5.86. The van der Waals surface area contributed by atoms with Crippen LogP contribution in [0.25, 0.3) is 11.1 Å². The Balaban J connectivity index is 2.10. The average molecular weight is 370 g/mol. The van der Waals surface area contributed by atoms with Crippen LogP contribution in [0.1, 0.15) is 24.8 Å². The summed E-state index contributed by atoms with van der Waals surface area (Å²) in [5, 5.41) is 0. The van der Waals surface area contributed by atoms with Gasteiger partial charge in [-0.15, -0.1) is 6.58 Å². The second kappa shape index (κ2) is 8.83. The molecular formula is C20H19F5O. The minimum atomic E-state index is -4.67.